The lowest BCUT2D eigenvalue weighted by Gasteiger charge is -2.04. The molecule has 0 aliphatic rings. The van der Waals surface area contributed by atoms with E-state index < -0.39 is 5.97 Å². The zero-order valence-corrected chi connectivity index (χ0v) is 10.3. The number of nitrogens with zero attached hydrogens (tertiary/aromatic N) is 2. The van der Waals surface area contributed by atoms with Crippen LogP contribution in [0.3, 0.4) is 0 Å². The van der Waals surface area contributed by atoms with Gasteiger partial charge in [-0.25, -0.2) is 0 Å². The first-order valence-electron chi connectivity index (χ1n) is 5.65. The van der Waals surface area contributed by atoms with Gasteiger partial charge in [-0.1, -0.05) is 12.1 Å². The lowest BCUT2D eigenvalue weighted by molar-refractivity contribution is -0.136. The smallest absolute Gasteiger partial charge is 0.307 e. The monoisotopic (exact) mass is 259 g/mol. The van der Waals surface area contributed by atoms with E-state index in [9.17, 15) is 9.59 Å². The van der Waals surface area contributed by atoms with Gasteiger partial charge in [-0.2, -0.15) is 5.10 Å². The van der Waals surface area contributed by atoms with Crippen molar-refractivity contribution in [3.63, 3.8) is 0 Å². The Labute approximate surface area is 109 Å². The average Bonchev–Trinajstić information content (AvgIpc) is 2.78. The van der Waals surface area contributed by atoms with Gasteiger partial charge in [-0.15, -0.1) is 0 Å². The molecule has 1 heterocycles. The molecule has 0 radical (unpaired) electrons. The highest BCUT2D eigenvalue weighted by molar-refractivity contribution is 6.03. The Bertz CT molecular complexity index is 602. The molecule has 1 amide bonds. The third kappa shape index (κ3) is 3.41. The Kier molecular flexibility index (Phi) is 3.61. The topological polar surface area (TPSA) is 84.2 Å². The summed E-state index contributed by atoms with van der Waals surface area (Å²) in [5.74, 6) is -1.13. The van der Waals surface area contributed by atoms with Crippen LogP contribution in [0.4, 0.5) is 5.69 Å². The Balaban J connectivity index is 2.03. The number of aromatic nitrogens is 2. The van der Waals surface area contributed by atoms with Crippen molar-refractivity contribution in [3.05, 3.63) is 47.8 Å². The van der Waals surface area contributed by atoms with E-state index in [1.807, 2.05) is 0 Å². The van der Waals surface area contributed by atoms with E-state index >= 15 is 0 Å². The standard InChI is InChI=1S/C13H13N3O3/c1-16-8-10(7-14-16)13(19)15-11-4-2-9(3-5-11)6-12(17)18/h2-5,7-8H,6H2,1H3,(H,15,19)(H,17,18). The highest BCUT2D eigenvalue weighted by atomic mass is 16.4. The minimum atomic E-state index is -0.882. The number of carbonyl (C=O) groups is 2. The summed E-state index contributed by atoms with van der Waals surface area (Å²) < 4.78 is 1.55. The summed E-state index contributed by atoms with van der Waals surface area (Å²) in [6, 6.07) is 6.69. The van der Waals surface area contributed by atoms with Crippen LogP contribution in [0, 0.1) is 0 Å². The maximum atomic E-state index is 11.8. The molecular weight excluding hydrogens is 246 g/mol. The molecule has 0 saturated heterocycles. The number of carboxylic acids is 1. The predicted octanol–water partition coefficient (Wildman–Crippen LogP) is 1.30. The summed E-state index contributed by atoms with van der Waals surface area (Å²) in [7, 11) is 1.73. The van der Waals surface area contributed by atoms with Crippen LogP contribution in [-0.4, -0.2) is 26.8 Å². The van der Waals surface area contributed by atoms with Crippen molar-refractivity contribution in [2.24, 2.45) is 7.05 Å². The van der Waals surface area contributed by atoms with Crippen molar-refractivity contribution in [2.75, 3.05) is 5.32 Å². The molecular formula is C13H13N3O3. The van der Waals surface area contributed by atoms with E-state index in [0.717, 1.165) is 0 Å². The Morgan fingerprint density at radius 2 is 2.00 bits per heavy atom. The van der Waals surface area contributed by atoms with Gasteiger partial charge in [0.15, 0.2) is 0 Å². The SMILES string of the molecule is Cn1cc(C(=O)Nc2ccc(CC(=O)O)cc2)cn1. The zero-order chi connectivity index (χ0) is 13.8. The molecule has 1 aromatic heterocycles. The number of hydrogen-bond donors (Lipinski definition) is 2. The number of carboxylic acid groups (broad SMARTS) is 1. The maximum absolute atomic E-state index is 11.8. The van der Waals surface area contributed by atoms with Crippen molar-refractivity contribution in [1.29, 1.82) is 0 Å². The number of amides is 1. The number of anilines is 1. The molecule has 2 rings (SSSR count). The van der Waals surface area contributed by atoms with Crippen LogP contribution >= 0.6 is 0 Å². The van der Waals surface area contributed by atoms with Gasteiger partial charge in [-0.05, 0) is 17.7 Å². The van der Waals surface area contributed by atoms with Gasteiger partial charge >= 0.3 is 5.97 Å². The molecule has 2 aromatic rings. The quantitative estimate of drug-likeness (QED) is 0.866. The summed E-state index contributed by atoms with van der Waals surface area (Å²) in [5, 5.41) is 15.3. The lowest BCUT2D eigenvalue weighted by Crippen LogP contribution is -2.11. The van der Waals surface area contributed by atoms with Crippen LogP contribution in [0.15, 0.2) is 36.7 Å². The van der Waals surface area contributed by atoms with Crippen LogP contribution in [0.1, 0.15) is 15.9 Å². The normalized spacial score (nSPS) is 10.2. The van der Waals surface area contributed by atoms with Gasteiger partial charge in [0, 0.05) is 18.9 Å². The third-order valence-electron chi connectivity index (χ3n) is 2.53. The number of rotatable bonds is 4. The van der Waals surface area contributed by atoms with Crippen molar-refractivity contribution in [2.45, 2.75) is 6.42 Å². The van der Waals surface area contributed by atoms with E-state index in [0.29, 0.717) is 16.8 Å². The van der Waals surface area contributed by atoms with Crippen molar-refractivity contribution < 1.29 is 14.7 Å². The summed E-state index contributed by atoms with van der Waals surface area (Å²) in [6.45, 7) is 0. The van der Waals surface area contributed by atoms with Crippen LogP contribution in [-0.2, 0) is 18.3 Å². The van der Waals surface area contributed by atoms with Crippen molar-refractivity contribution in [3.8, 4) is 0 Å². The molecule has 0 bridgehead atoms. The minimum Gasteiger partial charge on any atom is -0.481 e. The first-order chi connectivity index (χ1) is 9.04. The highest BCUT2D eigenvalue weighted by Gasteiger charge is 2.08. The first kappa shape index (κ1) is 12.8. The highest BCUT2D eigenvalue weighted by Crippen LogP contribution is 2.11. The molecule has 0 fully saturated rings. The molecule has 1 aromatic carbocycles. The molecule has 6 heteroatoms. The third-order valence-corrected chi connectivity index (χ3v) is 2.53. The Morgan fingerprint density at radius 1 is 1.32 bits per heavy atom. The van der Waals surface area contributed by atoms with E-state index in [4.69, 9.17) is 5.11 Å². The molecule has 0 atom stereocenters. The second kappa shape index (κ2) is 5.34. The molecule has 6 nitrogen and oxygen atoms in total. The van der Waals surface area contributed by atoms with Crippen LogP contribution in [0.5, 0.6) is 0 Å². The molecule has 0 saturated carbocycles. The minimum absolute atomic E-state index is 0.0309. The molecule has 98 valence electrons. The van der Waals surface area contributed by atoms with Crippen molar-refractivity contribution in [1.82, 2.24) is 9.78 Å². The van der Waals surface area contributed by atoms with Gasteiger partial charge in [0.1, 0.15) is 0 Å². The van der Waals surface area contributed by atoms with E-state index in [1.54, 1.807) is 42.2 Å². The van der Waals surface area contributed by atoms with Crippen LogP contribution in [0.25, 0.3) is 0 Å². The van der Waals surface area contributed by atoms with E-state index in [1.165, 1.54) is 6.20 Å². The number of nitrogens with one attached hydrogen (secondary N) is 1. The first-order valence-corrected chi connectivity index (χ1v) is 5.65. The fourth-order valence-electron chi connectivity index (χ4n) is 1.62. The summed E-state index contributed by atoms with van der Waals surface area (Å²) in [4.78, 5) is 22.4. The van der Waals surface area contributed by atoms with Gasteiger partial charge in [0.25, 0.3) is 5.91 Å². The predicted molar refractivity (Wildman–Crippen MR) is 68.9 cm³/mol. The maximum Gasteiger partial charge on any atom is 0.307 e. The number of benzene rings is 1. The van der Waals surface area contributed by atoms with Crippen LogP contribution < -0.4 is 5.32 Å². The van der Waals surface area contributed by atoms with Gasteiger partial charge < -0.3 is 10.4 Å². The van der Waals surface area contributed by atoms with Gasteiger partial charge in [0.05, 0.1) is 18.2 Å². The van der Waals surface area contributed by atoms with E-state index in [2.05, 4.69) is 10.4 Å². The number of hydrogen-bond acceptors (Lipinski definition) is 3. The van der Waals surface area contributed by atoms with E-state index in [-0.39, 0.29) is 12.3 Å². The number of aliphatic carboxylic acids is 1. The second-order valence-electron chi connectivity index (χ2n) is 4.12. The van der Waals surface area contributed by atoms with Crippen LogP contribution in [0.2, 0.25) is 0 Å². The van der Waals surface area contributed by atoms with Gasteiger partial charge in [-0.3, -0.25) is 14.3 Å². The summed E-state index contributed by atoms with van der Waals surface area (Å²) in [5.41, 5.74) is 1.77. The second-order valence-corrected chi connectivity index (χ2v) is 4.12. The zero-order valence-electron chi connectivity index (χ0n) is 10.3. The largest absolute Gasteiger partial charge is 0.481 e. The lowest BCUT2D eigenvalue weighted by atomic mass is 10.1. The number of carbonyl (C=O) groups excluding carboxylic acids is 1. The molecule has 0 aliphatic heterocycles. The Hall–Kier alpha value is -2.63. The molecule has 2 N–H and O–H groups in total. The molecule has 0 aliphatic carbocycles. The summed E-state index contributed by atoms with van der Waals surface area (Å²) in [6.07, 6.45) is 3.07. The Morgan fingerprint density at radius 3 is 2.53 bits per heavy atom. The summed E-state index contributed by atoms with van der Waals surface area (Å²) >= 11 is 0. The average molecular weight is 259 g/mol. The number of aryl methyl sites for hydroxylation is 1. The van der Waals surface area contributed by atoms with Crippen molar-refractivity contribution >= 4 is 17.6 Å². The molecule has 0 spiro atoms. The van der Waals surface area contributed by atoms with Gasteiger partial charge in [0.2, 0.25) is 0 Å². The molecule has 0 unspecified atom stereocenters. The fourth-order valence-corrected chi connectivity index (χ4v) is 1.62. The molecule has 19 heavy (non-hydrogen) atoms. The fraction of sp³-hybridized carbons (Fsp3) is 0.154.